The molecule has 0 heterocycles. The summed E-state index contributed by atoms with van der Waals surface area (Å²) in [5, 5.41) is 8.72. The van der Waals surface area contributed by atoms with E-state index in [4.69, 9.17) is 16.7 Å². The van der Waals surface area contributed by atoms with Gasteiger partial charge in [-0.3, -0.25) is 4.79 Å². The number of sulfonamides is 1. The maximum atomic E-state index is 12.4. The van der Waals surface area contributed by atoms with Crippen molar-refractivity contribution in [1.82, 2.24) is 5.32 Å². The van der Waals surface area contributed by atoms with Gasteiger partial charge in [0.1, 0.15) is 0 Å². The number of carbonyl (C=O) groups excluding carboxylic acids is 1. The van der Waals surface area contributed by atoms with Crippen molar-refractivity contribution in [2.24, 2.45) is 5.14 Å². The van der Waals surface area contributed by atoms with Crippen molar-refractivity contribution >= 4 is 39.3 Å². The minimum absolute atomic E-state index is 0.0231. The van der Waals surface area contributed by atoms with Gasteiger partial charge in [0.15, 0.2) is 0 Å². The SMILES string of the molecule is NS(=O)(=O)c1ccc(CCNC(=O)CSC(c2ccccc2)c2ccc(Cl)cc2)cc1. The van der Waals surface area contributed by atoms with Crippen molar-refractivity contribution in [2.75, 3.05) is 12.3 Å². The number of primary sulfonamides is 1. The first-order chi connectivity index (χ1) is 14.8. The van der Waals surface area contributed by atoms with Crippen molar-refractivity contribution in [2.45, 2.75) is 16.6 Å². The summed E-state index contributed by atoms with van der Waals surface area (Å²) in [6, 6.07) is 24.1. The van der Waals surface area contributed by atoms with Crippen LogP contribution >= 0.6 is 23.4 Å². The summed E-state index contributed by atoms with van der Waals surface area (Å²) in [6.07, 6.45) is 0.598. The van der Waals surface area contributed by atoms with Crippen LogP contribution in [0, 0.1) is 0 Å². The molecular weight excluding hydrogens is 452 g/mol. The van der Waals surface area contributed by atoms with Crippen LogP contribution < -0.4 is 10.5 Å². The first-order valence-electron chi connectivity index (χ1n) is 9.63. The van der Waals surface area contributed by atoms with E-state index in [0.717, 1.165) is 16.7 Å². The summed E-state index contributed by atoms with van der Waals surface area (Å²) < 4.78 is 22.6. The Hall–Kier alpha value is -2.32. The molecule has 1 amide bonds. The van der Waals surface area contributed by atoms with E-state index >= 15 is 0 Å². The van der Waals surface area contributed by atoms with Gasteiger partial charge in [-0.25, -0.2) is 13.6 Å². The number of carbonyl (C=O) groups is 1. The summed E-state index contributed by atoms with van der Waals surface area (Å²) in [6.45, 7) is 0.463. The molecule has 0 spiro atoms. The molecule has 0 aliphatic carbocycles. The van der Waals surface area contributed by atoms with Gasteiger partial charge in [0, 0.05) is 11.6 Å². The topological polar surface area (TPSA) is 89.3 Å². The van der Waals surface area contributed by atoms with Crippen LogP contribution in [0.25, 0.3) is 0 Å². The Morgan fingerprint density at radius 1 is 0.935 bits per heavy atom. The normalized spacial score (nSPS) is 12.3. The number of benzene rings is 3. The van der Waals surface area contributed by atoms with Crippen molar-refractivity contribution in [1.29, 1.82) is 0 Å². The van der Waals surface area contributed by atoms with Crippen LogP contribution in [0.4, 0.5) is 0 Å². The predicted molar refractivity (Wildman–Crippen MR) is 127 cm³/mol. The minimum Gasteiger partial charge on any atom is -0.355 e. The lowest BCUT2D eigenvalue weighted by Gasteiger charge is -2.18. The van der Waals surface area contributed by atoms with Gasteiger partial charge in [-0.2, -0.15) is 0 Å². The molecule has 3 aromatic carbocycles. The average molecular weight is 475 g/mol. The molecule has 0 aliphatic heterocycles. The molecule has 0 radical (unpaired) electrons. The molecule has 162 valence electrons. The molecule has 0 aliphatic rings. The van der Waals surface area contributed by atoms with Gasteiger partial charge in [-0.05, 0) is 47.4 Å². The maximum Gasteiger partial charge on any atom is 0.238 e. The van der Waals surface area contributed by atoms with Gasteiger partial charge in [0.2, 0.25) is 15.9 Å². The first-order valence-corrected chi connectivity index (χ1v) is 12.6. The molecular formula is C23H23ClN2O3S2. The Labute approximate surface area is 192 Å². The van der Waals surface area contributed by atoms with E-state index in [1.807, 2.05) is 42.5 Å². The van der Waals surface area contributed by atoms with Gasteiger partial charge in [0.25, 0.3) is 0 Å². The van der Waals surface area contributed by atoms with Crippen molar-refractivity contribution in [3.8, 4) is 0 Å². The lowest BCUT2D eigenvalue weighted by Crippen LogP contribution is -2.27. The third-order valence-electron chi connectivity index (χ3n) is 4.64. The monoisotopic (exact) mass is 474 g/mol. The van der Waals surface area contributed by atoms with E-state index in [2.05, 4.69) is 17.4 Å². The Bertz CT molecular complexity index is 1100. The zero-order valence-electron chi connectivity index (χ0n) is 16.7. The Morgan fingerprint density at radius 2 is 1.55 bits per heavy atom. The number of thioether (sulfide) groups is 1. The minimum atomic E-state index is -3.70. The van der Waals surface area contributed by atoms with E-state index in [9.17, 15) is 13.2 Å². The number of hydrogen-bond acceptors (Lipinski definition) is 4. The smallest absolute Gasteiger partial charge is 0.238 e. The van der Waals surface area contributed by atoms with E-state index < -0.39 is 10.0 Å². The fourth-order valence-corrected chi connectivity index (χ4v) is 4.81. The van der Waals surface area contributed by atoms with Crippen LogP contribution in [0.2, 0.25) is 5.02 Å². The molecule has 3 aromatic rings. The van der Waals surface area contributed by atoms with Crippen molar-refractivity contribution in [3.05, 3.63) is 101 Å². The molecule has 0 saturated carbocycles. The zero-order chi connectivity index (χ0) is 22.3. The third kappa shape index (κ3) is 7.11. The number of hydrogen-bond donors (Lipinski definition) is 2. The van der Waals surface area contributed by atoms with Crippen LogP contribution in [0.5, 0.6) is 0 Å². The van der Waals surface area contributed by atoms with Crippen LogP contribution in [0.1, 0.15) is 21.9 Å². The Balaban J connectivity index is 1.54. The standard InChI is InChI=1S/C23H23ClN2O3S2/c24-20-10-8-19(9-11-20)23(18-4-2-1-3-5-18)30-16-22(27)26-15-14-17-6-12-21(13-7-17)31(25,28)29/h1-13,23H,14-16H2,(H,26,27)(H2,25,28,29). The van der Waals surface area contributed by atoms with Gasteiger partial charge in [-0.1, -0.05) is 66.2 Å². The largest absolute Gasteiger partial charge is 0.355 e. The highest BCUT2D eigenvalue weighted by Crippen LogP contribution is 2.35. The second-order valence-corrected chi connectivity index (χ2v) is 10.0. The average Bonchev–Trinajstić information content (AvgIpc) is 2.75. The van der Waals surface area contributed by atoms with Crippen LogP contribution in [-0.4, -0.2) is 26.6 Å². The number of nitrogens with two attached hydrogens (primary N) is 1. The molecule has 1 atom stereocenters. The predicted octanol–water partition coefficient (Wildman–Crippen LogP) is 4.17. The fraction of sp³-hybridized carbons (Fsp3) is 0.174. The van der Waals surface area contributed by atoms with Gasteiger partial charge >= 0.3 is 0 Å². The summed E-state index contributed by atoms with van der Waals surface area (Å²) in [4.78, 5) is 12.5. The molecule has 0 fully saturated rings. The van der Waals surface area contributed by atoms with Crippen LogP contribution in [0.15, 0.2) is 83.8 Å². The molecule has 1 unspecified atom stereocenters. The van der Waals surface area contributed by atoms with Gasteiger partial charge < -0.3 is 5.32 Å². The molecule has 31 heavy (non-hydrogen) atoms. The molecule has 0 aromatic heterocycles. The zero-order valence-corrected chi connectivity index (χ0v) is 19.1. The van der Waals surface area contributed by atoms with Gasteiger partial charge in [0.05, 0.1) is 15.9 Å². The third-order valence-corrected chi connectivity index (χ3v) is 7.13. The highest BCUT2D eigenvalue weighted by molar-refractivity contribution is 8.00. The molecule has 3 N–H and O–H groups in total. The second kappa shape index (κ2) is 10.8. The molecule has 0 bridgehead atoms. The van der Waals surface area contributed by atoms with Crippen LogP contribution in [0.3, 0.4) is 0 Å². The number of nitrogens with one attached hydrogen (secondary N) is 1. The second-order valence-electron chi connectivity index (χ2n) is 6.94. The van der Waals surface area contributed by atoms with Crippen molar-refractivity contribution in [3.63, 3.8) is 0 Å². The first kappa shape index (κ1) is 23.3. The van der Waals surface area contributed by atoms with E-state index in [0.29, 0.717) is 23.7 Å². The Kier molecular flexibility index (Phi) is 8.15. The summed E-state index contributed by atoms with van der Waals surface area (Å²) >= 11 is 7.58. The van der Waals surface area contributed by atoms with Crippen LogP contribution in [-0.2, 0) is 21.2 Å². The van der Waals surface area contributed by atoms with E-state index in [1.165, 1.54) is 12.1 Å². The van der Waals surface area contributed by atoms with Gasteiger partial charge in [-0.15, -0.1) is 11.8 Å². The van der Waals surface area contributed by atoms with E-state index in [-0.39, 0.29) is 16.1 Å². The van der Waals surface area contributed by atoms with E-state index in [1.54, 1.807) is 23.9 Å². The molecule has 0 saturated heterocycles. The molecule has 3 rings (SSSR count). The lowest BCUT2D eigenvalue weighted by molar-refractivity contribution is -0.118. The number of rotatable bonds is 9. The highest BCUT2D eigenvalue weighted by Gasteiger charge is 2.16. The summed E-state index contributed by atoms with van der Waals surface area (Å²) in [5.74, 6) is 0.257. The Morgan fingerprint density at radius 3 is 2.16 bits per heavy atom. The number of amides is 1. The lowest BCUT2D eigenvalue weighted by atomic mass is 10.0. The summed E-state index contributed by atoms with van der Waals surface area (Å²) in [7, 11) is -3.70. The maximum absolute atomic E-state index is 12.4. The fourth-order valence-electron chi connectivity index (χ4n) is 3.05. The number of halogens is 1. The van der Waals surface area contributed by atoms with Crippen molar-refractivity contribution < 1.29 is 13.2 Å². The summed E-state index contributed by atoms with van der Waals surface area (Å²) in [5.41, 5.74) is 3.13. The quantitative estimate of drug-likeness (QED) is 0.487. The highest BCUT2D eigenvalue weighted by atomic mass is 35.5. The molecule has 8 heteroatoms. The molecule has 5 nitrogen and oxygen atoms in total.